The van der Waals surface area contributed by atoms with Crippen LogP contribution in [0.4, 0.5) is 0 Å². The molecule has 0 amide bonds. The van der Waals surface area contributed by atoms with Gasteiger partial charge < -0.3 is 14.7 Å². The molecule has 4 rings (SSSR count). The van der Waals surface area contributed by atoms with Crippen molar-refractivity contribution in [2.45, 2.75) is 50.2 Å². The molecule has 2 fully saturated rings. The van der Waals surface area contributed by atoms with Gasteiger partial charge in [-0.05, 0) is 24.0 Å². The van der Waals surface area contributed by atoms with Gasteiger partial charge in [0.2, 0.25) is 0 Å². The van der Waals surface area contributed by atoms with Crippen molar-refractivity contribution in [1.29, 1.82) is 5.41 Å². The van der Waals surface area contributed by atoms with Gasteiger partial charge in [-0.2, -0.15) is 0 Å². The first-order chi connectivity index (χ1) is 14.6. The van der Waals surface area contributed by atoms with E-state index in [9.17, 15) is 9.90 Å². The number of likely N-dealkylation sites (tertiary alicyclic amines) is 1. The number of rotatable bonds is 6. The van der Waals surface area contributed by atoms with Crippen molar-refractivity contribution in [2.75, 3.05) is 13.1 Å². The number of amidine groups is 1. The Kier molecular flexibility index (Phi) is 6.18. The van der Waals surface area contributed by atoms with Crippen molar-refractivity contribution in [3.05, 3.63) is 71.8 Å². The number of nitrogens with one attached hydrogen (secondary N) is 1. The Labute approximate surface area is 178 Å². The molecule has 0 spiro atoms. The highest BCUT2D eigenvalue weighted by molar-refractivity contribution is 5.83. The molecular formula is C25H30N2O3. The predicted octanol–water partition coefficient (Wildman–Crippen LogP) is 3.90. The molecule has 2 unspecified atom stereocenters. The number of carbonyl (C=O) groups is 1. The number of aliphatic hydroxyl groups is 1. The molecule has 0 bridgehead atoms. The van der Waals surface area contributed by atoms with Crippen LogP contribution in [0.2, 0.25) is 0 Å². The van der Waals surface area contributed by atoms with Crippen LogP contribution >= 0.6 is 0 Å². The van der Waals surface area contributed by atoms with Crippen LogP contribution < -0.4 is 0 Å². The SMILES string of the molecule is N=C(Cc1ccccc1)N1CCC(OC(=O)C(O)(c2ccccc2)C2CCCC2)C1. The van der Waals surface area contributed by atoms with E-state index < -0.39 is 11.6 Å². The van der Waals surface area contributed by atoms with Gasteiger partial charge in [-0.25, -0.2) is 4.79 Å². The second-order valence-corrected chi connectivity index (χ2v) is 8.48. The van der Waals surface area contributed by atoms with Crippen LogP contribution in [0.5, 0.6) is 0 Å². The van der Waals surface area contributed by atoms with Crippen LogP contribution in [-0.4, -0.2) is 41.0 Å². The van der Waals surface area contributed by atoms with Gasteiger partial charge in [0.1, 0.15) is 11.9 Å². The summed E-state index contributed by atoms with van der Waals surface area (Å²) >= 11 is 0. The number of benzene rings is 2. The Hall–Kier alpha value is -2.66. The zero-order chi connectivity index (χ0) is 21.0. The number of hydrogen-bond acceptors (Lipinski definition) is 4. The van der Waals surface area contributed by atoms with E-state index in [1.54, 1.807) is 0 Å². The molecule has 158 valence electrons. The highest BCUT2D eigenvalue weighted by atomic mass is 16.6. The largest absolute Gasteiger partial charge is 0.458 e. The highest BCUT2D eigenvalue weighted by Gasteiger charge is 2.48. The van der Waals surface area contributed by atoms with Crippen LogP contribution in [0.3, 0.4) is 0 Å². The fourth-order valence-electron chi connectivity index (χ4n) is 4.77. The summed E-state index contributed by atoms with van der Waals surface area (Å²) in [6, 6.07) is 19.2. The third kappa shape index (κ3) is 4.26. The van der Waals surface area contributed by atoms with Crippen molar-refractivity contribution < 1.29 is 14.6 Å². The van der Waals surface area contributed by atoms with Gasteiger partial charge in [0.25, 0.3) is 0 Å². The summed E-state index contributed by atoms with van der Waals surface area (Å²) in [7, 11) is 0. The van der Waals surface area contributed by atoms with E-state index in [-0.39, 0.29) is 12.0 Å². The van der Waals surface area contributed by atoms with E-state index >= 15 is 0 Å². The number of carbonyl (C=O) groups excluding carboxylic acids is 1. The first-order valence-electron chi connectivity index (χ1n) is 10.9. The molecule has 5 nitrogen and oxygen atoms in total. The van der Waals surface area contributed by atoms with Gasteiger partial charge in [0.05, 0.1) is 6.54 Å². The third-order valence-corrected chi connectivity index (χ3v) is 6.49. The van der Waals surface area contributed by atoms with E-state index in [1.807, 2.05) is 65.6 Å². The fraction of sp³-hybridized carbons (Fsp3) is 0.440. The molecule has 1 saturated heterocycles. The first-order valence-corrected chi connectivity index (χ1v) is 10.9. The predicted molar refractivity (Wildman–Crippen MR) is 116 cm³/mol. The zero-order valence-corrected chi connectivity index (χ0v) is 17.3. The summed E-state index contributed by atoms with van der Waals surface area (Å²) in [5.41, 5.74) is 0.124. The zero-order valence-electron chi connectivity index (χ0n) is 17.3. The van der Waals surface area contributed by atoms with Crippen molar-refractivity contribution in [3.8, 4) is 0 Å². The highest BCUT2D eigenvalue weighted by Crippen LogP contribution is 2.41. The summed E-state index contributed by atoms with van der Waals surface area (Å²) in [4.78, 5) is 15.2. The Morgan fingerprint density at radius 1 is 1.03 bits per heavy atom. The molecular weight excluding hydrogens is 376 g/mol. The minimum atomic E-state index is -1.59. The molecule has 1 aliphatic carbocycles. The lowest BCUT2D eigenvalue weighted by Gasteiger charge is -2.33. The Bertz CT molecular complexity index is 864. The quantitative estimate of drug-likeness (QED) is 0.433. The first kappa shape index (κ1) is 20.6. The summed E-state index contributed by atoms with van der Waals surface area (Å²) in [5.74, 6) is -0.114. The number of ether oxygens (including phenoxy) is 1. The molecule has 1 heterocycles. The minimum absolute atomic E-state index is 0.110. The van der Waals surface area contributed by atoms with Crippen LogP contribution in [0.1, 0.15) is 43.2 Å². The molecule has 2 aliphatic rings. The second kappa shape index (κ2) is 9.00. The topological polar surface area (TPSA) is 73.6 Å². The fourth-order valence-corrected chi connectivity index (χ4v) is 4.77. The van der Waals surface area contributed by atoms with Crippen LogP contribution in [0, 0.1) is 11.3 Å². The molecule has 1 aliphatic heterocycles. The summed E-state index contributed by atoms with van der Waals surface area (Å²) in [6.07, 6.45) is 4.67. The summed E-state index contributed by atoms with van der Waals surface area (Å²) in [6.45, 7) is 1.20. The lowest BCUT2D eigenvalue weighted by atomic mass is 9.80. The maximum atomic E-state index is 13.2. The lowest BCUT2D eigenvalue weighted by molar-refractivity contribution is -0.178. The maximum Gasteiger partial charge on any atom is 0.343 e. The minimum Gasteiger partial charge on any atom is -0.458 e. The van der Waals surface area contributed by atoms with E-state index in [0.29, 0.717) is 37.3 Å². The van der Waals surface area contributed by atoms with Crippen LogP contribution in [-0.2, 0) is 21.6 Å². The summed E-state index contributed by atoms with van der Waals surface area (Å²) in [5, 5.41) is 20.0. The van der Waals surface area contributed by atoms with Crippen LogP contribution in [0.25, 0.3) is 0 Å². The van der Waals surface area contributed by atoms with Gasteiger partial charge in [-0.15, -0.1) is 0 Å². The van der Waals surface area contributed by atoms with E-state index in [4.69, 9.17) is 10.1 Å². The molecule has 2 atom stereocenters. The smallest absolute Gasteiger partial charge is 0.343 e. The van der Waals surface area contributed by atoms with Crippen molar-refractivity contribution in [3.63, 3.8) is 0 Å². The van der Waals surface area contributed by atoms with Gasteiger partial charge in [0.15, 0.2) is 5.60 Å². The molecule has 0 radical (unpaired) electrons. The Balaban J connectivity index is 1.41. The van der Waals surface area contributed by atoms with E-state index in [2.05, 4.69) is 0 Å². The van der Waals surface area contributed by atoms with Crippen LogP contribution in [0.15, 0.2) is 60.7 Å². The summed E-state index contributed by atoms with van der Waals surface area (Å²) < 4.78 is 5.85. The van der Waals surface area contributed by atoms with Gasteiger partial charge in [-0.3, -0.25) is 5.41 Å². The molecule has 2 aromatic carbocycles. The average molecular weight is 407 g/mol. The van der Waals surface area contributed by atoms with Crippen molar-refractivity contribution >= 4 is 11.8 Å². The van der Waals surface area contributed by atoms with Gasteiger partial charge in [-0.1, -0.05) is 73.5 Å². The Morgan fingerprint density at radius 3 is 2.33 bits per heavy atom. The van der Waals surface area contributed by atoms with Crippen molar-refractivity contribution in [2.24, 2.45) is 5.92 Å². The molecule has 1 saturated carbocycles. The maximum absolute atomic E-state index is 13.2. The number of esters is 1. The lowest BCUT2D eigenvalue weighted by Crippen LogP contribution is -2.45. The van der Waals surface area contributed by atoms with Crippen molar-refractivity contribution in [1.82, 2.24) is 4.90 Å². The van der Waals surface area contributed by atoms with E-state index in [0.717, 1.165) is 31.2 Å². The number of nitrogens with zero attached hydrogens (tertiary/aromatic N) is 1. The monoisotopic (exact) mass is 406 g/mol. The second-order valence-electron chi connectivity index (χ2n) is 8.48. The number of hydrogen-bond donors (Lipinski definition) is 2. The Morgan fingerprint density at radius 2 is 1.67 bits per heavy atom. The van der Waals surface area contributed by atoms with Gasteiger partial charge in [0, 0.05) is 25.3 Å². The van der Waals surface area contributed by atoms with E-state index in [1.165, 1.54) is 0 Å². The molecule has 0 aromatic heterocycles. The normalized spacial score (nSPS) is 21.4. The molecule has 30 heavy (non-hydrogen) atoms. The standard InChI is InChI=1S/C25H30N2O3/c26-23(17-19-9-3-1-4-10-19)27-16-15-22(18-27)30-24(28)25(29,21-13-7-8-14-21)20-11-5-2-6-12-20/h1-6,9-12,21-22,26,29H,7-8,13-18H2. The molecule has 2 N–H and O–H groups in total. The van der Waals surface area contributed by atoms with Gasteiger partial charge >= 0.3 is 5.97 Å². The average Bonchev–Trinajstić information content (AvgIpc) is 3.47. The molecule has 5 heteroatoms. The molecule has 2 aromatic rings. The third-order valence-electron chi connectivity index (χ3n) is 6.49.